The number of dihydropyridines is 1. The maximum atomic E-state index is 13.3. The van der Waals surface area contributed by atoms with Crippen molar-refractivity contribution in [2.24, 2.45) is 0 Å². The minimum absolute atomic E-state index is 0.127. The van der Waals surface area contributed by atoms with Crippen LogP contribution in [0.3, 0.4) is 0 Å². The topological polar surface area (TPSA) is 108 Å². The number of hydrogen-bond acceptors (Lipinski definition) is 7. The zero-order chi connectivity index (χ0) is 28.1. The third kappa shape index (κ3) is 7.74. The van der Waals surface area contributed by atoms with Crippen molar-refractivity contribution in [3.05, 3.63) is 61.8 Å². The summed E-state index contributed by atoms with van der Waals surface area (Å²) in [5.74, 6) is -1.24. The van der Waals surface area contributed by atoms with Crippen molar-refractivity contribution in [2.45, 2.75) is 26.7 Å². The van der Waals surface area contributed by atoms with Gasteiger partial charge in [-0.15, -0.1) is 0 Å². The number of non-ortho nitro benzene ring substituents is 1. The summed E-state index contributed by atoms with van der Waals surface area (Å²) in [6.07, 6.45) is 6.33. The molecule has 0 radical (unpaired) electrons. The molecule has 0 saturated heterocycles. The van der Waals surface area contributed by atoms with Gasteiger partial charge < -0.3 is 32.1 Å². The number of nitro benzene ring substituents is 1. The van der Waals surface area contributed by atoms with Crippen LogP contribution in [0.4, 0.5) is 23.0 Å². The van der Waals surface area contributed by atoms with Gasteiger partial charge in [0.05, 0.1) is 30.1 Å². The number of methoxy groups -OCH3 is 1. The highest BCUT2D eigenvalue weighted by Crippen LogP contribution is 2.47. The number of ether oxygens (including phenoxy) is 2. The molecule has 1 heterocycles. The van der Waals surface area contributed by atoms with E-state index >= 15 is 0 Å². The second-order valence-electron chi connectivity index (χ2n) is 9.03. The largest absolute Gasteiger partial charge is 0.673 e. The van der Waals surface area contributed by atoms with E-state index in [1.54, 1.807) is 26.0 Å². The average molecular weight is 538 g/mol. The summed E-state index contributed by atoms with van der Waals surface area (Å²) in [4.78, 5) is 37.0. The van der Waals surface area contributed by atoms with Crippen LogP contribution in [0.15, 0.2) is 46.1 Å². The lowest BCUT2D eigenvalue weighted by Crippen LogP contribution is -2.51. The predicted molar refractivity (Wildman–Crippen MR) is 133 cm³/mol. The standard InChI is InChI=1S/C22H30N2O6S.BF4/c1-8-30-22(26)19-18(15-11-10-12-16(13-15)24(27)28)17(21(25)29-4)14(3)23-20(19)31(5,6,7)9-2;2-1(3,4)5/h10-13,18H,8-9H2,1-7H3;/q;-1/p+1. The fourth-order valence-electron chi connectivity index (χ4n) is 3.49. The van der Waals surface area contributed by atoms with E-state index in [1.165, 1.54) is 19.2 Å². The highest BCUT2D eigenvalue weighted by molar-refractivity contribution is 8.31. The number of nitrogens with zero attached hydrogens (tertiary/aromatic N) is 1. The molecule has 0 spiro atoms. The molecule has 2 rings (SSSR count). The molecule has 0 fully saturated rings. The first-order valence-electron chi connectivity index (χ1n) is 10.8. The van der Waals surface area contributed by atoms with Crippen LogP contribution in [0, 0.1) is 10.1 Å². The molecule has 1 aromatic rings. The van der Waals surface area contributed by atoms with E-state index in [4.69, 9.17) is 9.47 Å². The van der Waals surface area contributed by atoms with Crippen LogP contribution in [0.2, 0.25) is 0 Å². The molecule has 0 saturated carbocycles. The maximum absolute atomic E-state index is 13.3. The molecule has 0 amide bonds. The summed E-state index contributed by atoms with van der Waals surface area (Å²) in [5, 5.41) is 15.4. The van der Waals surface area contributed by atoms with Crippen molar-refractivity contribution in [3.63, 3.8) is 0 Å². The molecule has 0 aliphatic carbocycles. The van der Waals surface area contributed by atoms with Gasteiger partial charge in [-0.25, -0.2) is 18.8 Å². The van der Waals surface area contributed by atoms with Gasteiger partial charge in [0.25, 0.3) is 5.69 Å². The zero-order valence-corrected chi connectivity index (χ0v) is 22.0. The Morgan fingerprint density at radius 1 is 1.11 bits per heavy atom. The molecule has 1 unspecified atom stereocenters. The van der Waals surface area contributed by atoms with Crippen LogP contribution in [0.1, 0.15) is 32.3 Å². The highest BCUT2D eigenvalue weighted by Gasteiger charge is 2.48. The van der Waals surface area contributed by atoms with Crippen LogP contribution in [0.25, 0.3) is 0 Å². The van der Waals surface area contributed by atoms with E-state index in [9.17, 15) is 37.0 Å². The maximum Gasteiger partial charge on any atom is 0.673 e. The third-order valence-electron chi connectivity index (χ3n) is 5.61. The summed E-state index contributed by atoms with van der Waals surface area (Å²) in [5.41, 5.74) is 1.40. The lowest BCUT2D eigenvalue weighted by atomic mass is 9.82. The number of rotatable bonds is 7. The van der Waals surface area contributed by atoms with Crippen molar-refractivity contribution in [3.8, 4) is 0 Å². The predicted octanol–water partition coefficient (Wildman–Crippen LogP) is 4.40. The Labute approximate surface area is 207 Å². The molecule has 1 atom stereocenters. The van der Waals surface area contributed by atoms with Gasteiger partial charge >= 0.3 is 19.2 Å². The molecule has 0 bridgehead atoms. The fraction of sp³-hybridized carbons (Fsp3) is 0.455. The number of nitrogens with one attached hydrogen (secondary N) is 1. The van der Waals surface area contributed by atoms with Gasteiger partial charge in [-0.3, -0.25) is 10.1 Å². The highest BCUT2D eigenvalue weighted by atomic mass is 32.3. The summed E-state index contributed by atoms with van der Waals surface area (Å²) >= 11 is 0. The van der Waals surface area contributed by atoms with E-state index in [-0.39, 0.29) is 17.9 Å². The van der Waals surface area contributed by atoms with E-state index < -0.39 is 39.2 Å². The molecule has 8 nitrogen and oxygen atoms in total. The first-order valence-corrected chi connectivity index (χ1v) is 14.2. The molecule has 1 aromatic carbocycles. The van der Waals surface area contributed by atoms with E-state index in [0.717, 1.165) is 10.8 Å². The quantitative estimate of drug-likeness (QED) is 0.137. The first kappa shape index (κ1) is 31.0. The Morgan fingerprint density at radius 3 is 2.11 bits per heavy atom. The van der Waals surface area contributed by atoms with Crippen molar-refractivity contribution in [1.29, 1.82) is 0 Å². The Kier molecular flexibility index (Phi) is 9.78. The number of allylic oxidation sites excluding steroid dienone is 1. The summed E-state index contributed by atoms with van der Waals surface area (Å²) in [6.45, 7) is 5.67. The van der Waals surface area contributed by atoms with Gasteiger partial charge in [0.15, 0.2) is 5.03 Å². The van der Waals surface area contributed by atoms with Crippen LogP contribution in [-0.4, -0.2) is 62.4 Å². The smallest absolute Gasteiger partial charge is 0.466 e. The molecule has 1 aliphatic rings. The number of carbonyl (C=O) groups is 2. The molecule has 36 heavy (non-hydrogen) atoms. The van der Waals surface area contributed by atoms with Crippen molar-refractivity contribution in [1.82, 2.24) is 5.32 Å². The van der Waals surface area contributed by atoms with Crippen LogP contribution in [0.5, 0.6) is 0 Å². The van der Waals surface area contributed by atoms with E-state index in [1.807, 2.05) is 0 Å². The number of halogens is 4. The van der Waals surface area contributed by atoms with Gasteiger partial charge in [0.1, 0.15) is 5.57 Å². The Morgan fingerprint density at radius 2 is 1.67 bits per heavy atom. The fourth-order valence-corrected chi connectivity index (χ4v) is 5.33. The Balaban J connectivity index is 0.00000118. The summed E-state index contributed by atoms with van der Waals surface area (Å²) in [6, 6.07) is 5.99. The minimum Gasteiger partial charge on any atom is -0.466 e. The van der Waals surface area contributed by atoms with Gasteiger partial charge in [0, 0.05) is 42.3 Å². The number of benzene rings is 1. The van der Waals surface area contributed by atoms with Crippen molar-refractivity contribution in [2.75, 3.05) is 38.2 Å². The van der Waals surface area contributed by atoms with E-state index in [0.29, 0.717) is 16.8 Å². The second kappa shape index (κ2) is 11.4. The summed E-state index contributed by atoms with van der Waals surface area (Å²) in [7, 11) is -7.05. The van der Waals surface area contributed by atoms with Gasteiger partial charge in [0.2, 0.25) is 0 Å². The first-order chi connectivity index (χ1) is 16.4. The average Bonchev–Trinajstić information content (AvgIpc) is 2.76. The number of hydrogen-bond donors (Lipinski definition) is 1. The number of carbonyl (C=O) groups excluding carboxylic acids is 2. The minimum atomic E-state index is -6.00. The molecule has 0 aromatic heterocycles. The van der Waals surface area contributed by atoms with Gasteiger partial charge in [-0.1, -0.05) is 12.1 Å². The molecule has 202 valence electrons. The second-order valence-corrected chi connectivity index (χ2v) is 15.7. The monoisotopic (exact) mass is 538 g/mol. The summed E-state index contributed by atoms with van der Waals surface area (Å²) < 4.78 is 49.4. The van der Waals surface area contributed by atoms with Gasteiger partial charge in [-0.05, 0) is 26.3 Å². The number of nitro groups is 1. The third-order valence-corrected chi connectivity index (χ3v) is 9.47. The Hall–Kier alpha value is -3.03. The Bertz CT molecular complexity index is 1090. The van der Waals surface area contributed by atoms with Crippen LogP contribution >= 0.6 is 0 Å². The van der Waals surface area contributed by atoms with Crippen LogP contribution in [-0.2, 0) is 28.2 Å². The lowest BCUT2D eigenvalue weighted by Gasteiger charge is -2.49. The normalized spacial score (nSPS) is 17.2. The molecular formula is C22H31BF4N2O6S. The van der Waals surface area contributed by atoms with Gasteiger partial charge in [-0.2, -0.15) is 0 Å². The van der Waals surface area contributed by atoms with Crippen molar-refractivity contribution < 1.29 is 41.2 Å². The van der Waals surface area contributed by atoms with E-state index in [2.05, 4.69) is 31.0 Å². The number of esters is 2. The SMILES string of the molecule is CCOC(=O)C1=C([S+](C)(C)(C)CC)NC(C)=C(C(=O)OC)C1c1cccc([N+](=O)[O-])c1.F[B-](F)(F)F. The van der Waals surface area contributed by atoms with Crippen molar-refractivity contribution >= 4 is 34.0 Å². The molecular weight excluding hydrogens is 507 g/mol. The zero-order valence-electron chi connectivity index (χ0n) is 21.2. The molecule has 1 aliphatic heterocycles. The molecule has 1 N–H and O–H groups in total. The molecule has 14 heteroatoms. The lowest BCUT2D eigenvalue weighted by molar-refractivity contribution is -0.384. The van der Waals surface area contributed by atoms with Crippen LogP contribution < -0.4 is 5.32 Å².